The number of carbonyl (C=O) groups excluding carboxylic acids is 2. The number of carbonyl (C=O) groups is 3. The molecule has 1 aromatic carbocycles. The van der Waals surface area contributed by atoms with Crippen molar-refractivity contribution >= 4 is 17.8 Å². The van der Waals surface area contributed by atoms with Crippen LogP contribution in [0.3, 0.4) is 0 Å². The molecular weight excluding hydrogens is 352 g/mol. The number of amides is 2. The molecule has 0 radical (unpaired) electrons. The van der Waals surface area contributed by atoms with Gasteiger partial charge in [0.1, 0.15) is 6.04 Å². The van der Waals surface area contributed by atoms with Crippen molar-refractivity contribution in [2.45, 2.75) is 39.2 Å². The van der Waals surface area contributed by atoms with Crippen LogP contribution in [-0.4, -0.2) is 60.1 Å². The quantitative estimate of drug-likeness (QED) is 0.713. The van der Waals surface area contributed by atoms with Gasteiger partial charge in [0.05, 0.1) is 6.61 Å². The van der Waals surface area contributed by atoms with Crippen LogP contribution in [0.4, 0.5) is 0 Å². The van der Waals surface area contributed by atoms with Crippen LogP contribution in [0, 0.1) is 0 Å². The number of piperidine rings is 1. The van der Waals surface area contributed by atoms with Gasteiger partial charge in [0.15, 0.2) is 18.1 Å². The van der Waals surface area contributed by atoms with Crippen molar-refractivity contribution in [1.29, 1.82) is 0 Å². The molecule has 8 nitrogen and oxygen atoms in total. The topological polar surface area (TPSA) is 105 Å². The highest BCUT2D eigenvalue weighted by Gasteiger charge is 2.19. The number of ether oxygens (including phenoxy) is 2. The molecule has 148 valence electrons. The highest BCUT2D eigenvalue weighted by atomic mass is 16.5. The fraction of sp³-hybridized carbons (Fsp3) is 0.526. The summed E-state index contributed by atoms with van der Waals surface area (Å²) in [6.07, 6.45) is 3.16. The summed E-state index contributed by atoms with van der Waals surface area (Å²) >= 11 is 0. The molecular formula is C19H26N2O6. The van der Waals surface area contributed by atoms with Crippen molar-refractivity contribution in [3.05, 3.63) is 23.8 Å². The molecule has 1 fully saturated rings. The van der Waals surface area contributed by atoms with Crippen molar-refractivity contribution in [3.8, 4) is 11.5 Å². The van der Waals surface area contributed by atoms with Gasteiger partial charge >= 0.3 is 5.97 Å². The van der Waals surface area contributed by atoms with Crippen molar-refractivity contribution in [3.63, 3.8) is 0 Å². The van der Waals surface area contributed by atoms with Gasteiger partial charge in [-0.3, -0.25) is 14.4 Å². The third-order valence-corrected chi connectivity index (χ3v) is 4.28. The van der Waals surface area contributed by atoms with Gasteiger partial charge in [0.2, 0.25) is 0 Å². The normalized spacial score (nSPS) is 15.0. The summed E-state index contributed by atoms with van der Waals surface area (Å²) in [5, 5.41) is 11.3. The molecule has 2 rings (SSSR count). The van der Waals surface area contributed by atoms with Crippen molar-refractivity contribution in [2.24, 2.45) is 0 Å². The predicted octanol–water partition coefficient (Wildman–Crippen LogP) is 1.68. The second kappa shape index (κ2) is 9.80. The molecule has 8 heteroatoms. The maximum absolute atomic E-state index is 12.2. The van der Waals surface area contributed by atoms with Gasteiger partial charge in [-0.1, -0.05) is 0 Å². The smallest absolute Gasteiger partial charge is 0.325 e. The van der Waals surface area contributed by atoms with E-state index in [1.54, 1.807) is 17.9 Å². The molecule has 0 bridgehead atoms. The predicted molar refractivity (Wildman–Crippen MR) is 98.1 cm³/mol. The van der Waals surface area contributed by atoms with Crippen LogP contribution in [0.1, 0.15) is 43.5 Å². The van der Waals surface area contributed by atoms with Crippen LogP contribution in [-0.2, 0) is 9.59 Å². The third kappa shape index (κ3) is 5.87. The molecule has 2 amide bonds. The first-order chi connectivity index (χ1) is 12.9. The molecule has 1 aliphatic heterocycles. The summed E-state index contributed by atoms with van der Waals surface area (Å²) in [5.74, 6) is -1.02. The SMILES string of the molecule is CCOc1cc(C(=O)N[C@H](C)C(=O)O)ccc1OCC(=O)N1CCCCC1. The van der Waals surface area contributed by atoms with E-state index >= 15 is 0 Å². The summed E-state index contributed by atoms with van der Waals surface area (Å²) in [7, 11) is 0. The number of nitrogens with zero attached hydrogens (tertiary/aromatic N) is 1. The van der Waals surface area contributed by atoms with E-state index in [4.69, 9.17) is 14.6 Å². The number of likely N-dealkylation sites (tertiary alicyclic amines) is 1. The minimum absolute atomic E-state index is 0.0748. The average Bonchev–Trinajstić information content (AvgIpc) is 2.67. The lowest BCUT2D eigenvalue weighted by Crippen LogP contribution is -2.38. The Balaban J connectivity index is 2.04. The van der Waals surface area contributed by atoms with Crippen molar-refractivity contribution in [2.75, 3.05) is 26.3 Å². The van der Waals surface area contributed by atoms with Crippen LogP contribution in [0.2, 0.25) is 0 Å². The molecule has 0 unspecified atom stereocenters. The van der Waals surface area contributed by atoms with Gasteiger partial charge in [-0.05, 0) is 51.3 Å². The Bertz CT molecular complexity index is 685. The van der Waals surface area contributed by atoms with Crippen LogP contribution in [0.15, 0.2) is 18.2 Å². The lowest BCUT2D eigenvalue weighted by atomic mass is 10.1. The van der Waals surface area contributed by atoms with E-state index in [-0.39, 0.29) is 18.1 Å². The lowest BCUT2D eigenvalue weighted by molar-refractivity contribution is -0.138. The summed E-state index contributed by atoms with van der Waals surface area (Å²) in [5.41, 5.74) is 0.251. The van der Waals surface area contributed by atoms with Crippen molar-refractivity contribution in [1.82, 2.24) is 10.2 Å². The minimum Gasteiger partial charge on any atom is -0.490 e. The number of nitrogens with one attached hydrogen (secondary N) is 1. The molecule has 0 aliphatic carbocycles. The summed E-state index contributed by atoms with van der Waals surface area (Å²) in [6, 6.07) is 3.53. The molecule has 1 aromatic rings. The number of benzene rings is 1. The zero-order valence-electron chi connectivity index (χ0n) is 15.7. The van der Waals surface area contributed by atoms with E-state index in [0.717, 1.165) is 32.4 Å². The average molecular weight is 378 g/mol. The van der Waals surface area contributed by atoms with Gasteiger partial charge in [0, 0.05) is 18.7 Å². The lowest BCUT2D eigenvalue weighted by Gasteiger charge is -2.26. The van der Waals surface area contributed by atoms with Crippen LogP contribution >= 0.6 is 0 Å². The summed E-state index contributed by atoms with van der Waals surface area (Å²) < 4.78 is 11.1. The van der Waals surface area contributed by atoms with Crippen molar-refractivity contribution < 1.29 is 29.0 Å². The number of rotatable bonds is 8. The second-order valence-electron chi connectivity index (χ2n) is 6.36. The van der Waals surface area contributed by atoms with E-state index in [2.05, 4.69) is 5.32 Å². The first-order valence-corrected chi connectivity index (χ1v) is 9.13. The molecule has 1 aliphatic rings. The van der Waals surface area contributed by atoms with E-state index in [0.29, 0.717) is 18.1 Å². The van der Waals surface area contributed by atoms with Gasteiger partial charge in [-0.2, -0.15) is 0 Å². The van der Waals surface area contributed by atoms with E-state index in [9.17, 15) is 14.4 Å². The standard InChI is InChI=1S/C19H26N2O6/c1-3-26-16-11-14(18(23)20-13(2)19(24)25)7-8-15(16)27-12-17(22)21-9-5-4-6-10-21/h7-8,11,13H,3-6,9-10,12H2,1-2H3,(H,20,23)(H,24,25)/t13-/m1/s1. The van der Waals surface area contributed by atoms with E-state index in [1.807, 2.05) is 0 Å². The Morgan fingerprint density at radius 3 is 2.48 bits per heavy atom. The van der Waals surface area contributed by atoms with Gasteiger partial charge in [-0.15, -0.1) is 0 Å². The number of hydrogen-bond donors (Lipinski definition) is 2. The Labute approximate surface area is 158 Å². The van der Waals surface area contributed by atoms with Gasteiger partial charge in [0.25, 0.3) is 11.8 Å². The molecule has 1 heterocycles. The highest BCUT2D eigenvalue weighted by Crippen LogP contribution is 2.28. The maximum Gasteiger partial charge on any atom is 0.325 e. The molecule has 1 saturated heterocycles. The fourth-order valence-corrected chi connectivity index (χ4v) is 2.75. The Hall–Kier alpha value is -2.77. The number of carboxylic acids is 1. The monoisotopic (exact) mass is 378 g/mol. The highest BCUT2D eigenvalue weighted by molar-refractivity contribution is 5.97. The zero-order valence-corrected chi connectivity index (χ0v) is 15.7. The largest absolute Gasteiger partial charge is 0.490 e. The van der Waals surface area contributed by atoms with Crippen LogP contribution in [0.5, 0.6) is 11.5 Å². The molecule has 27 heavy (non-hydrogen) atoms. The summed E-state index contributed by atoms with van der Waals surface area (Å²) in [4.78, 5) is 37.1. The van der Waals surface area contributed by atoms with Gasteiger partial charge in [-0.25, -0.2) is 0 Å². The molecule has 1 atom stereocenters. The molecule has 0 spiro atoms. The first kappa shape index (κ1) is 20.5. The van der Waals surface area contributed by atoms with Crippen LogP contribution in [0.25, 0.3) is 0 Å². The Morgan fingerprint density at radius 2 is 1.85 bits per heavy atom. The minimum atomic E-state index is -1.12. The Kier molecular flexibility index (Phi) is 7.45. The number of hydrogen-bond acceptors (Lipinski definition) is 5. The molecule has 0 saturated carbocycles. The second-order valence-corrected chi connectivity index (χ2v) is 6.36. The van der Waals surface area contributed by atoms with E-state index in [1.165, 1.54) is 19.1 Å². The summed E-state index contributed by atoms with van der Waals surface area (Å²) in [6.45, 7) is 4.94. The third-order valence-electron chi connectivity index (χ3n) is 4.28. The zero-order chi connectivity index (χ0) is 19.8. The van der Waals surface area contributed by atoms with E-state index < -0.39 is 17.9 Å². The van der Waals surface area contributed by atoms with Crippen LogP contribution < -0.4 is 14.8 Å². The fourth-order valence-electron chi connectivity index (χ4n) is 2.75. The molecule has 2 N–H and O–H groups in total. The maximum atomic E-state index is 12.2. The number of carboxylic acid groups (broad SMARTS) is 1. The molecule has 0 aromatic heterocycles. The number of aliphatic carboxylic acids is 1. The Morgan fingerprint density at radius 1 is 1.15 bits per heavy atom. The van der Waals surface area contributed by atoms with Gasteiger partial charge < -0.3 is 24.8 Å². The first-order valence-electron chi connectivity index (χ1n) is 9.13.